The Kier molecular flexibility index (Phi) is 7.44. The minimum atomic E-state index is -1.13. The van der Waals surface area contributed by atoms with E-state index < -0.39 is 24.5 Å². The van der Waals surface area contributed by atoms with Gasteiger partial charge in [-0.3, -0.25) is 9.59 Å². The minimum absolute atomic E-state index is 0.0524. The first-order valence-electron chi connectivity index (χ1n) is 11.2. The predicted molar refractivity (Wildman–Crippen MR) is 130 cm³/mol. The highest BCUT2D eigenvalue weighted by molar-refractivity contribution is 5.95. The number of alkyl carbamates (subject to hydrolysis) is 1. The maximum Gasteiger partial charge on any atom is 0.407 e. The maximum atomic E-state index is 12.4. The molecule has 4 rings (SSSR count). The Labute approximate surface area is 203 Å². The lowest BCUT2D eigenvalue weighted by Crippen LogP contribution is -2.34. The molecule has 3 aromatic rings. The topological polar surface area (TPSA) is 95.9 Å². The molecule has 2 N–H and O–H groups in total. The fourth-order valence-corrected chi connectivity index (χ4v) is 4.13. The standard InChI is InChI=1S/C28H24N2O5/c31-26(30(18-27(32)33)17-20-9-2-1-3-10-20)15-8-16-29-28(34)35-19-25-23-13-6-4-11-21(23)22-12-5-7-14-24(22)25/h1-7,9-14,25H,16-19H2,(H,29,34)(H,32,33). The van der Waals surface area contributed by atoms with Crippen LogP contribution in [0.3, 0.4) is 0 Å². The average molecular weight is 469 g/mol. The molecule has 0 bridgehead atoms. The van der Waals surface area contributed by atoms with Gasteiger partial charge in [0.2, 0.25) is 0 Å². The van der Waals surface area contributed by atoms with Gasteiger partial charge in [-0.25, -0.2) is 4.79 Å². The summed E-state index contributed by atoms with van der Waals surface area (Å²) in [5, 5.41) is 11.6. The molecule has 0 aromatic heterocycles. The number of nitrogens with zero attached hydrogens (tertiary/aromatic N) is 1. The number of carbonyl (C=O) groups excluding carboxylic acids is 2. The molecule has 0 saturated heterocycles. The number of benzene rings is 3. The second kappa shape index (κ2) is 11.0. The number of amides is 2. The van der Waals surface area contributed by atoms with Gasteiger partial charge < -0.3 is 20.1 Å². The summed E-state index contributed by atoms with van der Waals surface area (Å²) in [4.78, 5) is 36.9. The van der Waals surface area contributed by atoms with Gasteiger partial charge in [-0.1, -0.05) is 84.8 Å². The third-order valence-corrected chi connectivity index (χ3v) is 5.69. The van der Waals surface area contributed by atoms with Gasteiger partial charge in [0, 0.05) is 12.5 Å². The molecule has 2 amide bonds. The van der Waals surface area contributed by atoms with Crippen molar-refractivity contribution >= 4 is 18.0 Å². The molecule has 1 aliphatic rings. The van der Waals surface area contributed by atoms with Crippen molar-refractivity contribution in [3.05, 3.63) is 95.6 Å². The lowest BCUT2D eigenvalue weighted by molar-refractivity contribution is -0.142. The predicted octanol–water partition coefficient (Wildman–Crippen LogP) is 3.64. The van der Waals surface area contributed by atoms with Crippen LogP contribution in [0.5, 0.6) is 0 Å². The van der Waals surface area contributed by atoms with Gasteiger partial charge in [0.1, 0.15) is 13.2 Å². The molecule has 0 aliphatic heterocycles. The third-order valence-electron chi connectivity index (χ3n) is 5.69. The van der Waals surface area contributed by atoms with Crippen molar-refractivity contribution in [1.82, 2.24) is 10.2 Å². The van der Waals surface area contributed by atoms with Crippen LogP contribution in [0.25, 0.3) is 11.1 Å². The number of carbonyl (C=O) groups is 3. The summed E-state index contributed by atoms with van der Waals surface area (Å²) < 4.78 is 5.43. The van der Waals surface area contributed by atoms with Gasteiger partial charge in [0.15, 0.2) is 0 Å². The van der Waals surface area contributed by atoms with E-state index in [0.29, 0.717) is 0 Å². The summed E-state index contributed by atoms with van der Waals surface area (Å²) in [6, 6.07) is 25.2. The van der Waals surface area contributed by atoms with Gasteiger partial charge in [-0.15, -0.1) is 0 Å². The van der Waals surface area contributed by atoms with Crippen molar-refractivity contribution in [2.24, 2.45) is 0 Å². The number of fused-ring (bicyclic) bond motifs is 3. The van der Waals surface area contributed by atoms with E-state index in [-0.39, 0.29) is 25.6 Å². The van der Waals surface area contributed by atoms with Gasteiger partial charge >= 0.3 is 12.1 Å². The van der Waals surface area contributed by atoms with Crippen molar-refractivity contribution in [3.8, 4) is 23.0 Å². The van der Waals surface area contributed by atoms with E-state index in [9.17, 15) is 14.4 Å². The summed E-state index contributed by atoms with van der Waals surface area (Å²) in [6.07, 6.45) is -0.639. The maximum absolute atomic E-state index is 12.4. The Morgan fingerprint density at radius 2 is 1.49 bits per heavy atom. The highest BCUT2D eigenvalue weighted by Crippen LogP contribution is 2.44. The average Bonchev–Trinajstić information content (AvgIpc) is 3.19. The molecule has 0 heterocycles. The normalized spacial score (nSPS) is 11.4. The quantitative estimate of drug-likeness (QED) is 0.516. The molecule has 3 aromatic carbocycles. The zero-order valence-electron chi connectivity index (χ0n) is 18.9. The Bertz CT molecular complexity index is 1250. The number of carboxylic acids is 1. The van der Waals surface area contributed by atoms with E-state index in [2.05, 4.69) is 29.3 Å². The van der Waals surface area contributed by atoms with Gasteiger partial charge in [-0.05, 0) is 33.7 Å². The van der Waals surface area contributed by atoms with Gasteiger partial charge in [0.05, 0.1) is 6.54 Å². The Morgan fingerprint density at radius 3 is 2.11 bits per heavy atom. The zero-order chi connectivity index (χ0) is 24.6. The third kappa shape index (κ3) is 5.87. The Balaban J connectivity index is 1.30. The lowest BCUT2D eigenvalue weighted by atomic mass is 9.98. The van der Waals surface area contributed by atoms with Crippen LogP contribution < -0.4 is 5.32 Å². The Hall–Kier alpha value is -4.57. The fourth-order valence-electron chi connectivity index (χ4n) is 4.13. The largest absolute Gasteiger partial charge is 0.480 e. The highest BCUT2D eigenvalue weighted by atomic mass is 16.5. The molecule has 7 heteroatoms. The molecular weight excluding hydrogens is 444 g/mol. The first-order valence-corrected chi connectivity index (χ1v) is 11.2. The lowest BCUT2D eigenvalue weighted by Gasteiger charge is -2.17. The summed E-state index contributed by atoms with van der Waals surface area (Å²) in [6.45, 7) is -0.271. The number of hydrogen-bond donors (Lipinski definition) is 2. The fraction of sp³-hybridized carbons (Fsp3) is 0.179. The van der Waals surface area contributed by atoms with E-state index in [4.69, 9.17) is 9.84 Å². The van der Waals surface area contributed by atoms with Crippen LogP contribution in [0.2, 0.25) is 0 Å². The molecular formula is C28H24N2O5. The first-order chi connectivity index (χ1) is 17.0. The van der Waals surface area contributed by atoms with E-state index in [0.717, 1.165) is 32.7 Å². The van der Waals surface area contributed by atoms with Gasteiger partial charge in [-0.2, -0.15) is 0 Å². The first kappa shape index (κ1) is 23.6. The number of ether oxygens (including phenoxy) is 1. The summed E-state index contributed by atoms with van der Waals surface area (Å²) in [5.74, 6) is 3.14. The van der Waals surface area contributed by atoms with Crippen LogP contribution in [-0.4, -0.2) is 47.7 Å². The molecule has 0 saturated carbocycles. The zero-order valence-corrected chi connectivity index (χ0v) is 18.9. The van der Waals surface area contributed by atoms with E-state index in [1.165, 1.54) is 0 Å². The van der Waals surface area contributed by atoms with Crippen LogP contribution in [0, 0.1) is 11.8 Å². The van der Waals surface area contributed by atoms with Crippen LogP contribution in [0.1, 0.15) is 22.6 Å². The molecule has 0 radical (unpaired) electrons. The summed E-state index contributed by atoms with van der Waals surface area (Å²) in [5.41, 5.74) is 5.30. The number of hydrogen-bond acceptors (Lipinski definition) is 4. The van der Waals surface area contributed by atoms with Gasteiger partial charge in [0.25, 0.3) is 5.91 Å². The molecule has 0 spiro atoms. The second-order valence-electron chi connectivity index (χ2n) is 8.02. The molecule has 176 valence electrons. The van der Waals surface area contributed by atoms with E-state index in [1.807, 2.05) is 54.6 Å². The Morgan fingerprint density at radius 1 is 0.886 bits per heavy atom. The summed E-state index contributed by atoms with van der Waals surface area (Å²) in [7, 11) is 0. The monoisotopic (exact) mass is 468 g/mol. The van der Waals surface area contributed by atoms with Crippen molar-refractivity contribution in [3.63, 3.8) is 0 Å². The van der Waals surface area contributed by atoms with Crippen molar-refractivity contribution < 1.29 is 24.2 Å². The van der Waals surface area contributed by atoms with Crippen molar-refractivity contribution in [2.75, 3.05) is 19.7 Å². The van der Waals surface area contributed by atoms with Crippen molar-refractivity contribution in [1.29, 1.82) is 0 Å². The molecule has 1 aliphatic carbocycles. The molecule has 0 fully saturated rings. The second-order valence-corrected chi connectivity index (χ2v) is 8.02. The molecule has 35 heavy (non-hydrogen) atoms. The highest BCUT2D eigenvalue weighted by Gasteiger charge is 2.28. The molecule has 7 nitrogen and oxygen atoms in total. The van der Waals surface area contributed by atoms with E-state index >= 15 is 0 Å². The van der Waals surface area contributed by atoms with Crippen LogP contribution >= 0.6 is 0 Å². The smallest absolute Gasteiger partial charge is 0.407 e. The minimum Gasteiger partial charge on any atom is -0.480 e. The van der Waals surface area contributed by atoms with E-state index in [1.54, 1.807) is 12.1 Å². The van der Waals surface area contributed by atoms with Crippen LogP contribution in [0.15, 0.2) is 78.9 Å². The number of aliphatic carboxylic acids is 1. The number of rotatable bonds is 7. The van der Waals surface area contributed by atoms with Crippen molar-refractivity contribution in [2.45, 2.75) is 12.5 Å². The summed E-state index contributed by atoms with van der Waals surface area (Å²) >= 11 is 0. The molecule has 0 atom stereocenters. The molecule has 0 unspecified atom stereocenters. The number of nitrogens with one attached hydrogen (secondary N) is 1. The number of carboxylic acid groups (broad SMARTS) is 1. The SMILES string of the molecule is O=C(O)CN(Cc1ccccc1)C(=O)C#CCNC(=O)OCC1c2ccccc2-c2ccccc21. The van der Waals surface area contributed by atoms with Crippen LogP contribution in [0.4, 0.5) is 4.79 Å². The van der Waals surface area contributed by atoms with Crippen LogP contribution in [-0.2, 0) is 20.9 Å².